The van der Waals surface area contributed by atoms with Gasteiger partial charge in [0.05, 0.1) is 27.7 Å². The van der Waals surface area contributed by atoms with Crippen LogP contribution in [0.4, 0.5) is 11.4 Å². The van der Waals surface area contributed by atoms with Crippen LogP contribution < -0.4 is 33.4 Å². The molecule has 0 N–H and O–H groups in total. The van der Waals surface area contributed by atoms with Gasteiger partial charge in [0, 0.05) is 23.5 Å². The van der Waals surface area contributed by atoms with Crippen molar-refractivity contribution in [3.63, 3.8) is 0 Å². The summed E-state index contributed by atoms with van der Waals surface area (Å²) in [5.74, 6) is 0. The molecule has 1 aromatic heterocycles. The first-order chi connectivity index (χ1) is 11.7. The number of rotatable bonds is 0. The summed E-state index contributed by atoms with van der Waals surface area (Å²) >= 11 is 6.27. The maximum absolute atomic E-state index is 6.27. The van der Waals surface area contributed by atoms with Gasteiger partial charge in [-0.3, -0.25) is 0 Å². The van der Waals surface area contributed by atoms with Crippen LogP contribution in [0.5, 0.6) is 0 Å². The van der Waals surface area contributed by atoms with Crippen LogP contribution in [0, 0.1) is 0 Å². The van der Waals surface area contributed by atoms with Crippen molar-refractivity contribution in [2.45, 2.75) is 0 Å². The van der Waals surface area contributed by atoms with E-state index in [9.17, 15) is 0 Å². The van der Waals surface area contributed by atoms with Gasteiger partial charge in [-0.05, 0) is 30.3 Å². The molecule has 1 aliphatic heterocycles. The fraction of sp³-hybridized carbons (Fsp3) is 0.0952. The van der Waals surface area contributed by atoms with Crippen molar-refractivity contribution in [3.05, 3.63) is 65.7 Å². The van der Waals surface area contributed by atoms with Gasteiger partial charge in [0.1, 0.15) is 7.05 Å². The number of halogens is 2. The van der Waals surface area contributed by atoms with E-state index in [0.29, 0.717) is 0 Å². The second-order valence-corrected chi connectivity index (χ2v) is 6.78. The van der Waals surface area contributed by atoms with Crippen LogP contribution in [0.15, 0.2) is 60.7 Å². The second kappa shape index (κ2) is 5.85. The molecule has 0 aliphatic carbocycles. The molecule has 2 nitrogen and oxygen atoms in total. The number of hydrogen-bond acceptors (Lipinski definition) is 1. The molecular formula is C21H16ClIN2. The zero-order valence-corrected chi connectivity index (χ0v) is 16.8. The van der Waals surface area contributed by atoms with E-state index in [1.165, 1.54) is 38.6 Å². The summed E-state index contributed by atoms with van der Waals surface area (Å²) in [5.41, 5.74) is 6.08. The number of hydrogen-bond donors (Lipinski definition) is 0. The summed E-state index contributed by atoms with van der Waals surface area (Å²) < 4.78 is 2.31. The van der Waals surface area contributed by atoms with Crippen molar-refractivity contribution in [2.24, 2.45) is 7.05 Å². The Balaban J connectivity index is 0.00000157. The number of fused-ring (bicyclic) bond motifs is 4. The lowest BCUT2D eigenvalue weighted by atomic mass is 9.93. The van der Waals surface area contributed by atoms with E-state index in [0.717, 1.165) is 10.7 Å². The molecule has 0 spiro atoms. The van der Waals surface area contributed by atoms with E-state index in [4.69, 9.17) is 11.6 Å². The Bertz CT molecular complexity index is 1150. The zero-order valence-electron chi connectivity index (χ0n) is 13.9. The first kappa shape index (κ1) is 16.6. The number of benzene rings is 3. The van der Waals surface area contributed by atoms with Crippen LogP contribution in [0.25, 0.3) is 32.9 Å². The summed E-state index contributed by atoms with van der Waals surface area (Å²) in [5, 5.41) is 4.64. The molecule has 2 heterocycles. The SMILES string of the molecule is CN1c2cc(Cl)ccc2-c2c3c1cccc3c1ccccc1[n+]2C.[I-]. The average Bonchev–Trinajstić information content (AvgIpc) is 2.61. The minimum Gasteiger partial charge on any atom is -1.00 e. The van der Waals surface area contributed by atoms with Crippen molar-refractivity contribution in [1.29, 1.82) is 0 Å². The standard InChI is InChI=1S/C21H16ClN2.HI/c1-23-18-9-5-7-15-14-6-3-4-8-17(14)24(2)21(20(15)18)16-11-10-13(22)12-19(16)23;/h3-12H,1-2H3;1H/q+1;/p-1. The van der Waals surface area contributed by atoms with Gasteiger partial charge in [-0.2, -0.15) is 4.57 Å². The van der Waals surface area contributed by atoms with Gasteiger partial charge in [0.2, 0.25) is 11.2 Å². The largest absolute Gasteiger partial charge is 1.00 e. The maximum atomic E-state index is 6.27. The summed E-state index contributed by atoms with van der Waals surface area (Å²) in [6, 6.07) is 21.3. The highest BCUT2D eigenvalue weighted by Crippen LogP contribution is 2.47. The van der Waals surface area contributed by atoms with Crippen LogP contribution in [0.2, 0.25) is 5.02 Å². The molecule has 124 valence electrons. The van der Waals surface area contributed by atoms with Gasteiger partial charge >= 0.3 is 0 Å². The highest BCUT2D eigenvalue weighted by atomic mass is 127. The summed E-state index contributed by atoms with van der Waals surface area (Å²) in [4.78, 5) is 2.24. The van der Waals surface area contributed by atoms with E-state index < -0.39 is 0 Å². The number of anilines is 2. The fourth-order valence-electron chi connectivity index (χ4n) is 4.00. The summed E-state index contributed by atoms with van der Waals surface area (Å²) in [6.45, 7) is 0. The molecule has 5 rings (SSSR count). The zero-order chi connectivity index (χ0) is 16.4. The van der Waals surface area contributed by atoms with Crippen molar-refractivity contribution >= 4 is 44.7 Å². The predicted molar refractivity (Wildman–Crippen MR) is 101 cm³/mol. The van der Waals surface area contributed by atoms with Crippen molar-refractivity contribution < 1.29 is 28.5 Å². The first-order valence-corrected chi connectivity index (χ1v) is 8.42. The monoisotopic (exact) mass is 458 g/mol. The van der Waals surface area contributed by atoms with Gasteiger partial charge < -0.3 is 28.9 Å². The minimum absolute atomic E-state index is 0. The van der Waals surface area contributed by atoms with E-state index in [1.807, 2.05) is 12.1 Å². The van der Waals surface area contributed by atoms with Gasteiger partial charge in [-0.15, -0.1) is 0 Å². The molecule has 0 amide bonds. The normalized spacial score (nSPS) is 12.2. The first-order valence-electron chi connectivity index (χ1n) is 8.04. The Labute approximate surface area is 168 Å². The molecule has 25 heavy (non-hydrogen) atoms. The lowest BCUT2D eigenvalue weighted by Crippen LogP contribution is -3.00. The van der Waals surface area contributed by atoms with Crippen LogP contribution in [0.3, 0.4) is 0 Å². The molecule has 4 heteroatoms. The molecule has 3 aromatic carbocycles. The molecule has 0 radical (unpaired) electrons. The third-order valence-corrected chi connectivity index (χ3v) is 5.34. The predicted octanol–water partition coefficient (Wildman–Crippen LogP) is 2.22. The average molecular weight is 459 g/mol. The third kappa shape index (κ3) is 2.19. The summed E-state index contributed by atoms with van der Waals surface area (Å²) in [6.07, 6.45) is 0. The lowest BCUT2D eigenvalue weighted by molar-refractivity contribution is -0.632. The second-order valence-electron chi connectivity index (χ2n) is 6.34. The van der Waals surface area contributed by atoms with Gasteiger partial charge in [0.25, 0.3) is 0 Å². The number of pyridine rings is 1. The van der Waals surface area contributed by atoms with Crippen LogP contribution >= 0.6 is 11.6 Å². The smallest absolute Gasteiger partial charge is 0.224 e. The van der Waals surface area contributed by atoms with E-state index >= 15 is 0 Å². The fourth-order valence-corrected chi connectivity index (χ4v) is 4.17. The highest BCUT2D eigenvalue weighted by molar-refractivity contribution is 6.31. The van der Waals surface area contributed by atoms with Gasteiger partial charge in [0.15, 0.2) is 0 Å². The molecule has 0 unspecified atom stereocenters. The van der Waals surface area contributed by atoms with E-state index in [-0.39, 0.29) is 24.0 Å². The summed E-state index contributed by atoms with van der Waals surface area (Å²) in [7, 11) is 4.26. The van der Waals surface area contributed by atoms with Gasteiger partial charge in [-0.1, -0.05) is 35.9 Å². The van der Waals surface area contributed by atoms with Crippen molar-refractivity contribution in [1.82, 2.24) is 0 Å². The molecule has 4 aromatic rings. The van der Waals surface area contributed by atoms with Gasteiger partial charge in [-0.25, -0.2) is 0 Å². The van der Waals surface area contributed by atoms with Crippen LogP contribution in [0.1, 0.15) is 0 Å². The lowest BCUT2D eigenvalue weighted by Gasteiger charge is -2.29. The van der Waals surface area contributed by atoms with Crippen molar-refractivity contribution in [3.8, 4) is 11.3 Å². The number of para-hydroxylation sites is 1. The molecule has 0 saturated carbocycles. The Morgan fingerprint density at radius 2 is 1.64 bits per heavy atom. The molecule has 0 saturated heterocycles. The van der Waals surface area contributed by atoms with E-state index in [1.54, 1.807) is 0 Å². The number of aromatic nitrogens is 1. The van der Waals surface area contributed by atoms with Crippen molar-refractivity contribution in [2.75, 3.05) is 11.9 Å². The molecule has 0 atom stereocenters. The number of aryl methyl sites for hydroxylation is 1. The Hall–Kier alpha value is -1.85. The Morgan fingerprint density at radius 3 is 2.48 bits per heavy atom. The third-order valence-electron chi connectivity index (χ3n) is 5.11. The topological polar surface area (TPSA) is 7.12 Å². The van der Waals surface area contributed by atoms with Crippen LogP contribution in [-0.2, 0) is 7.05 Å². The van der Waals surface area contributed by atoms with Crippen LogP contribution in [-0.4, -0.2) is 7.05 Å². The maximum Gasteiger partial charge on any atom is 0.224 e. The van der Waals surface area contributed by atoms with E-state index in [2.05, 4.69) is 72.1 Å². The highest BCUT2D eigenvalue weighted by Gasteiger charge is 2.30. The number of nitrogens with zero attached hydrogens (tertiary/aromatic N) is 2. The molecule has 1 aliphatic rings. The Morgan fingerprint density at radius 1 is 0.880 bits per heavy atom. The molecule has 0 bridgehead atoms. The molecular weight excluding hydrogens is 443 g/mol. The Kier molecular flexibility index (Phi) is 3.89. The molecule has 0 fully saturated rings. The minimum atomic E-state index is 0. The quantitative estimate of drug-likeness (QED) is 0.223.